The fourth-order valence-corrected chi connectivity index (χ4v) is 3.56. The summed E-state index contributed by atoms with van der Waals surface area (Å²) in [6.45, 7) is 2.69. The second-order valence-corrected chi connectivity index (χ2v) is 8.01. The Morgan fingerprint density at radius 2 is 1.94 bits per heavy atom. The second-order valence-electron chi connectivity index (χ2n) is 8.01. The van der Waals surface area contributed by atoms with E-state index < -0.39 is 23.9 Å². The van der Waals surface area contributed by atoms with Crippen molar-refractivity contribution in [2.24, 2.45) is 0 Å². The maximum absolute atomic E-state index is 14.5. The number of imidazole rings is 1. The van der Waals surface area contributed by atoms with E-state index in [0.717, 1.165) is 22.4 Å². The molecule has 182 valence electrons. The van der Waals surface area contributed by atoms with E-state index in [1.807, 2.05) is 25.1 Å². The first-order valence-electron chi connectivity index (χ1n) is 10.7. The molecule has 0 aliphatic carbocycles. The molecule has 8 nitrogen and oxygen atoms in total. The molecule has 4 rings (SSSR count). The Morgan fingerprint density at radius 3 is 2.71 bits per heavy atom. The Balaban J connectivity index is 0.00000228. The van der Waals surface area contributed by atoms with Gasteiger partial charge in [0.1, 0.15) is 12.4 Å². The van der Waals surface area contributed by atoms with Crippen LogP contribution in [0, 0.1) is 13.8 Å². The number of aromatic nitrogens is 4. The number of carbonyl (C=O) groups is 1. The molecule has 0 aliphatic heterocycles. The summed E-state index contributed by atoms with van der Waals surface area (Å²) in [5, 5.41) is 5.21. The summed E-state index contributed by atoms with van der Waals surface area (Å²) < 4.78 is 30.1. The molecule has 3 N–H and O–H groups in total. The fraction of sp³-hybridized carbons (Fsp3) is 0.250. The Kier molecular flexibility index (Phi) is 6.40. The number of anilines is 1. The molecule has 0 saturated heterocycles. The molecule has 4 aromatic rings. The van der Waals surface area contributed by atoms with E-state index in [-0.39, 0.29) is 28.8 Å². The van der Waals surface area contributed by atoms with Gasteiger partial charge in [0.15, 0.2) is 5.82 Å². The lowest BCUT2D eigenvalue weighted by Crippen LogP contribution is -2.35. The third kappa shape index (κ3) is 5.11. The first-order valence-corrected chi connectivity index (χ1v) is 10.7. The molecule has 2 aromatic heterocycles. The van der Waals surface area contributed by atoms with Crippen molar-refractivity contribution in [2.75, 3.05) is 11.9 Å². The van der Waals surface area contributed by atoms with Crippen LogP contribution in [0.4, 0.5) is 14.6 Å². The van der Waals surface area contributed by atoms with Gasteiger partial charge >= 0.3 is 0 Å². The predicted molar refractivity (Wildman–Crippen MR) is 131 cm³/mol. The molecule has 0 radical (unpaired) electrons. The molecular formula is C24H30F2N6O2. The maximum Gasteiger partial charge on any atom is 0.293 e. The van der Waals surface area contributed by atoms with E-state index in [1.165, 1.54) is 35.0 Å². The van der Waals surface area contributed by atoms with Crippen molar-refractivity contribution in [3.8, 4) is 0 Å². The zero-order chi connectivity index (χ0) is 24.3. The van der Waals surface area contributed by atoms with E-state index in [2.05, 4.69) is 25.6 Å². The van der Waals surface area contributed by atoms with Gasteiger partial charge in [-0.25, -0.2) is 9.97 Å². The molecule has 0 bridgehead atoms. The van der Waals surface area contributed by atoms with Crippen LogP contribution in [0.1, 0.15) is 26.9 Å². The van der Waals surface area contributed by atoms with Crippen LogP contribution in [0.25, 0.3) is 11.0 Å². The number of nitrogens with zero attached hydrogens (tertiary/aromatic N) is 3. The zero-order valence-electron chi connectivity index (χ0n) is 18.7. The van der Waals surface area contributed by atoms with Crippen LogP contribution in [0.2, 0.25) is 0 Å². The third-order valence-corrected chi connectivity index (χ3v) is 5.38. The summed E-state index contributed by atoms with van der Waals surface area (Å²) in [6, 6.07) is 12.9. The van der Waals surface area contributed by atoms with Crippen molar-refractivity contribution < 1.29 is 17.9 Å². The normalized spacial score (nSPS) is 11.5. The lowest BCUT2D eigenvalue weighted by atomic mass is 10.1. The summed E-state index contributed by atoms with van der Waals surface area (Å²) in [5.41, 5.74) is 2.20. The molecule has 2 aromatic carbocycles. The molecule has 0 spiro atoms. The number of amides is 1. The number of aryl methyl sites for hydroxylation is 2. The minimum atomic E-state index is -3.20. The van der Waals surface area contributed by atoms with Gasteiger partial charge < -0.3 is 15.6 Å². The van der Waals surface area contributed by atoms with Crippen LogP contribution in [0.15, 0.2) is 59.5 Å². The quantitative estimate of drug-likeness (QED) is 0.360. The second kappa shape index (κ2) is 9.42. The Bertz CT molecular complexity index is 1400. The van der Waals surface area contributed by atoms with Crippen molar-refractivity contribution in [2.45, 2.75) is 32.9 Å². The van der Waals surface area contributed by atoms with Gasteiger partial charge in [-0.05, 0) is 31.5 Å². The van der Waals surface area contributed by atoms with Crippen LogP contribution >= 0.6 is 0 Å². The number of rotatable bonds is 8. The van der Waals surface area contributed by atoms with E-state index in [1.54, 1.807) is 13.0 Å². The van der Waals surface area contributed by atoms with Crippen LogP contribution in [0.3, 0.4) is 0 Å². The highest BCUT2D eigenvalue weighted by Gasteiger charge is 2.31. The van der Waals surface area contributed by atoms with Gasteiger partial charge in [0.25, 0.3) is 11.5 Å². The van der Waals surface area contributed by atoms with Crippen molar-refractivity contribution in [1.29, 1.82) is 0 Å². The third-order valence-electron chi connectivity index (χ3n) is 5.38. The number of hydrogen-bond acceptors (Lipinski definition) is 5. The smallest absolute Gasteiger partial charge is 0.293 e. The van der Waals surface area contributed by atoms with Crippen LogP contribution in [0.5, 0.6) is 0 Å². The van der Waals surface area contributed by atoms with E-state index >= 15 is 0 Å². The SMILES string of the molecule is Cc1nc2ccc(CNC(=O)Cn3c(C)cnc(NCC(F)(F)c4ccccc4)c3=O)cc2[nH]1.[HH].[HH].[HH]. The van der Waals surface area contributed by atoms with Crippen molar-refractivity contribution in [1.82, 2.24) is 24.8 Å². The number of hydrogen-bond donors (Lipinski definition) is 3. The molecule has 0 unspecified atom stereocenters. The lowest BCUT2D eigenvalue weighted by Gasteiger charge is -2.18. The molecule has 0 fully saturated rings. The van der Waals surface area contributed by atoms with Gasteiger partial charge in [-0.15, -0.1) is 0 Å². The van der Waals surface area contributed by atoms with Gasteiger partial charge in [-0.2, -0.15) is 8.78 Å². The molecule has 0 saturated carbocycles. The molecule has 2 heterocycles. The summed E-state index contributed by atoms with van der Waals surface area (Å²) >= 11 is 0. The number of alkyl halides is 2. The highest BCUT2D eigenvalue weighted by Crippen LogP contribution is 2.27. The van der Waals surface area contributed by atoms with Crippen molar-refractivity contribution in [3.05, 3.63) is 87.7 Å². The topological polar surface area (TPSA) is 105 Å². The monoisotopic (exact) mass is 472 g/mol. The minimum Gasteiger partial charge on any atom is -0.359 e. The molecule has 0 aliphatic rings. The molecule has 0 atom stereocenters. The number of H-pyrrole nitrogens is 1. The van der Waals surface area contributed by atoms with Gasteiger partial charge in [-0.3, -0.25) is 14.2 Å². The van der Waals surface area contributed by atoms with E-state index in [9.17, 15) is 18.4 Å². The predicted octanol–water partition coefficient (Wildman–Crippen LogP) is 3.99. The minimum absolute atomic E-state index is 0. The molecule has 10 heteroatoms. The van der Waals surface area contributed by atoms with Crippen LogP contribution < -0.4 is 16.2 Å². The average molecular weight is 473 g/mol. The number of benzene rings is 2. The molecule has 34 heavy (non-hydrogen) atoms. The molecular weight excluding hydrogens is 442 g/mol. The largest absolute Gasteiger partial charge is 0.359 e. The molecule has 1 amide bonds. The highest BCUT2D eigenvalue weighted by atomic mass is 19.3. The van der Waals surface area contributed by atoms with Crippen molar-refractivity contribution in [3.63, 3.8) is 0 Å². The maximum atomic E-state index is 14.5. The average Bonchev–Trinajstić information content (AvgIpc) is 3.19. The van der Waals surface area contributed by atoms with Crippen molar-refractivity contribution >= 4 is 22.8 Å². The first-order chi connectivity index (χ1) is 16.2. The van der Waals surface area contributed by atoms with Crippen LogP contribution in [-0.2, 0) is 23.8 Å². The van der Waals surface area contributed by atoms with Gasteiger partial charge in [-0.1, -0.05) is 36.4 Å². The number of fused-ring (bicyclic) bond motifs is 1. The Hall–Kier alpha value is -4.08. The highest BCUT2D eigenvalue weighted by molar-refractivity contribution is 5.77. The fourth-order valence-electron chi connectivity index (χ4n) is 3.56. The van der Waals surface area contributed by atoms with E-state index in [0.29, 0.717) is 5.69 Å². The number of nitrogens with one attached hydrogen (secondary N) is 3. The Labute approximate surface area is 198 Å². The lowest BCUT2D eigenvalue weighted by molar-refractivity contribution is -0.121. The van der Waals surface area contributed by atoms with Gasteiger partial charge in [0.05, 0.1) is 17.6 Å². The van der Waals surface area contributed by atoms with Crippen LogP contribution in [-0.4, -0.2) is 32.0 Å². The summed E-state index contributed by atoms with van der Waals surface area (Å²) in [6.07, 6.45) is 1.37. The Morgan fingerprint density at radius 1 is 1.18 bits per heavy atom. The zero-order valence-corrected chi connectivity index (χ0v) is 18.7. The standard InChI is InChI=1S/C24H24F2N6O2.3H2/c1-15-11-28-22(29-14-24(25,26)18-6-4-3-5-7-18)23(34)32(15)13-21(33)27-12-17-8-9-19-20(10-17)31-16(2)30-19;;;/h3-11H,12-14H2,1-2H3,(H,27,33)(H,28,29)(H,30,31);3*1H. The number of halogens is 2. The summed E-state index contributed by atoms with van der Waals surface area (Å²) in [5.74, 6) is -3.03. The van der Waals surface area contributed by atoms with Gasteiger partial charge in [0, 0.05) is 28.3 Å². The summed E-state index contributed by atoms with van der Waals surface area (Å²) in [4.78, 5) is 36.8. The first kappa shape index (κ1) is 23.1. The summed E-state index contributed by atoms with van der Waals surface area (Å²) in [7, 11) is 0. The van der Waals surface area contributed by atoms with E-state index in [4.69, 9.17) is 0 Å². The van der Waals surface area contributed by atoms with Gasteiger partial charge in [0.2, 0.25) is 5.91 Å². The number of aromatic amines is 1. The number of carbonyl (C=O) groups excluding carboxylic acids is 1.